The van der Waals surface area contributed by atoms with Crippen molar-refractivity contribution in [1.82, 2.24) is 9.88 Å². The lowest BCUT2D eigenvalue weighted by atomic mass is 9.95. The van der Waals surface area contributed by atoms with Crippen molar-refractivity contribution in [3.05, 3.63) is 77.1 Å². The van der Waals surface area contributed by atoms with Gasteiger partial charge in [-0.25, -0.2) is 0 Å². The lowest BCUT2D eigenvalue weighted by molar-refractivity contribution is 0.0925. The monoisotopic (exact) mass is 418 g/mol. The van der Waals surface area contributed by atoms with Crippen LogP contribution in [0.1, 0.15) is 53.6 Å². The van der Waals surface area contributed by atoms with Gasteiger partial charge in [-0.2, -0.15) is 0 Å². The van der Waals surface area contributed by atoms with Crippen LogP contribution in [0.2, 0.25) is 0 Å². The van der Waals surface area contributed by atoms with Crippen LogP contribution in [0, 0.1) is 19.8 Å². The number of carbonyl (C=O) groups excluding carboxylic acids is 1. The second kappa shape index (κ2) is 8.88. The molecule has 1 aromatic heterocycles. The molecule has 1 aliphatic rings. The Labute approximate surface area is 184 Å². The first-order valence-corrected chi connectivity index (χ1v) is 10.9. The van der Waals surface area contributed by atoms with E-state index in [-0.39, 0.29) is 17.9 Å². The fourth-order valence-electron chi connectivity index (χ4n) is 4.07. The molecule has 3 aromatic rings. The van der Waals surface area contributed by atoms with Crippen LogP contribution in [-0.4, -0.2) is 23.7 Å². The zero-order valence-electron chi connectivity index (χ0n) is 18.6. The van der Waals surface area contributed by atoms with Gasteiger partial charge in [-0.1, -0.05) is 19.9 Å². The SMILES string of the molecule is Cc1ccc(C)n1-c1ccc(C(=O)NC(c2ccc3c(c2)OCCCO3)C(C)C)cc1. The van der Waals surface area contributed by atoms with E-state index in [0.717, 1.165) is 29.2 Å². The third-order valence-corrected chi connectivity index (χ3v) is 5.74. The van der Waals surface area contributed by atoms with Gasteiger partial charge in [0.05, 0.1) is 19.3 Å². The maximum absolute atomic E-state index is 13.0. The summed E-state index contributed by atoms with van der Waals surface area (Å²) in [7, 11) is 0. The average Bonchev–Trinajstić information content (AvgIpc) is 2.95. The minimum atomic E-state index is -0.127. The number of nitrogens with zero attached hydrogens (tertiary/aromatic N) is 1. The Kier molecular flexibility index (Phi) is 6.03. The number of hydrogen-bond acceptors (Lipinski definition) is 3. The number of hydrogen-bond donors (Lipinski definition) is 1. The van der Waals surface area contributed by atoms with E-state index in [4.69, 9.17) is 9.47 Å². The highest BCUT2D eigenvalue weighted by Crippen LogP contribution is 2.34. The van der Waals surface area contributed by atoms with Crippen LogP contribution in [0.15, 0.2) is 54.6 Å². The standard InChI is InChI=1S/C26H30N2O3/c1-17(2)25(21-10-13-23-24(16-21)31-15-5-14-30-23)27-26(29)20-8-11-22(12-9-20)28-18(3)6-7-19(28)4/h6-13,16-17,25H,5,14-15H2,1-4H3,(H,27,29). The summed E-state index contributed by atoms with van der Waals surface area (Å²) in [5, 5.41) is 3.21. The molecular weight excluding hydrogens is 388 g/mol. The number of nitrogens with one attached hydrogen (secondary N) is 1. The van der Waals surface area contributed by atoms with E-state index in [9.17, 15) is 4.79 Å². The molecule has 5 nitrogen and oxygen atoms in total. The maximum atomic E-state index is 13.0. The summed E-state index contributed by atoms with van der Waals surface area (Å²) in [6, 6.07) is 17.8. The Morgan fingerprint density at radius 2 is 1.55 bits per heavy atom. The number of benzene rings is 2. The molecule has 162 valence electrons. The molecule has 0 bridgehead atoms. The van der Waals surface area contributed by atoms with Gasteiger partial charge in [0.2, 0.25) is 0 Å². The van der Waals surface area contributed by atoms with Crippen molar-refractivity contribution in [2.24, 2.45) is 5.92 Å². The van der Waals surface area contributed by atoms with Gasteiger partial charge in [0.15, 0.2) is 11.5 Å². The van der Waals surface area contributed by atoms with E-state index >= 15 is 0 Å². The fraction of sp³-hybridized carbons (Fsp3) is 0.346. The van der Waals surface area contributed by atoms with E-state index in [0.29, 0.717) is 18.8 Å². The van der Waals surface area contributed by atoms with Crippen molar-refractivity contribution in [2.75, 3.05) is 13.2 Å². The van der Waals surface area contributed by atoms with Gasteiger partial charge in [-0.15, -0.1) is 0 Å². The molecule has 0 fully saturated rings. The normalized spacial score (nSPS) is 14.2. The highest BCUT2D eigenvalue weighted by molar-refractivity contribution is 5.94. The topological polar surface area (TPSA) is 52.5 Å². The number of fused-ring (bicyclic) bond motifs is 1. The summed E-state index contributed by atoms with van der Waals surface area (Å²) in [5.41, 5.74) is 5.06. The van der Waals surface area contributed by atoms with E-state index in [1.54, 1.807) is 0 Å². The molecular formula is C26H30N2O3. The summed E-state index contributed by atoms with van der Waals surface area (Å²) in [5.74, 6) is 1.65. The number of rotatable bonds is 5. The van der Waals surface area contributed by atoms with Crippen molar-refractivity contribution in [1.29, 1.82) is 0 Å². The Morgan fingerprint density at radius 1 is 0.903 bits per heavy atom. The lowest BCUT2D eigenvalue weighted by Gasteiger charge is -2.24. The van der Waals surface area contributed by atoms with Crippen molar-refractivity contribution in [3.8, 4) is 17.2 Å². The van der Waals surface area contributed by atoms with E-state index in [1.165, 1.54) is 11.4 Å². The smallest absolute Gasteiger partial charge is 0.251 e. The van der Waals surface area contributed by atoms with Gasteiger partial charge < -0.3 is 19.4 Å². The van der Waals surface area contributed by atoms with Crippen LogP contribution in [0.4, 0.5) is 0 Å². The van der Waals surface area contributed by atoms with Gasteiger partial charge in [-0.3, -0.25) is 4.79 Å². The first-order valence-electron chi connectivity index (χ1n) is 10.9. The molecule has 0 spiro atoms. The Morgan fingerprint density at radius 3 is 2.19 bits per heavy atom. The number of aromatic nitrogens is 1. The predicted molar refractivity (Wildman–Crippen MR) is 122 cm³/mol. The van der Waals surface area contributed by atoms with Crippen molar-refractivity contribution in [3.63, 3.8) is 0 Å². The summed E-state index contributed by atoms with van der Waals surface area (Å²) in [4.78, 5) is 13.0. The molecule has 0 radical (unpaired) electrons. The lowest BCUT2D eigenvalue weighted by Crippen LogP contribution is -2.31. The molecule has 0 saturated carbocycles. The number of ether oxygens (including phenoxy) is 2. The third-order valence-electron chi connectivity index (χ3n) is 5.74. The molecule has 1 unspecified atom stereocenters. The molecule has 4 rings (SSSR count). The Hall–Kier alpha value is -3.21. The van der Waals surface area contributed by atoms with Crippen LogP contribution < -0.4 is 14.8 Å². The molecule has 0 aliphatic carbocycles. The van der Waals surface area contributed by atoms with Gasteiger partial charge >= 0.3 is 0 Å². The molecule has 5 heteroatoms. The molecule has 31 heavy (non-hydrogen) atoms. The van der Waals surface area contributed by atoms with Crippen molar-refractivity contribution in [2.45, 2.75) is 40.2 Å². The quantitative estimate of drug-likeness (QED) is 0.605. The molecule has 1 N–H and O–H groups in total. The number of carbonyl (C=O) groups is 1. The van der Waals surface area contributed by atoms with Crippen LogP contribution in [0.3, 0.4) is 0 Å². The first-order chi connectivity index (χ1) is 14.9. The predicted octanol–water partition coefficient (Wildman–Crippen LogP) is 5.38. The van der Waals surface area contributed by atoms with Gasteiger partial charge in [0, 0.05) is 29.1 Å². The van der Waals surface area contributed by atoms with Crippen LogP contribution in [0.25, 0.3) is 5.69 Å². The zero-order chi connectivity index (χ0) is 22.0. The van der Waals surface area contributed by atoms with Crippen LogP contribution >= 0.6 is 0 Å². The van der Waals surface area contributed by atoms with Gasteiger partial charge in [-0.05, 0) is 73.9 Å². The first kappa shape index (κ1) is 21.0. The highest BCUT2D eigenvalue weighted by atomic mass is 16.5. The molecule has 2 aromatic carbocycles. The van der Waals surface area contributed by atoms with Crippen LogP contribution in [-0.2, 0) is 0 Å². The van der Waals surface area contributed by atoms with Crippen molar-refractivity contribution >= 4 is 5.91 Å². The summed E-state index contributed by atoms with van der Waals surface area (Å²) < 4.78 is 13.8. The summed E-state index contributed by atoms with van der Waals surface area (Å²) >= 11 is 0. The summed E-state index contributed by atoms with van der Waals surface area (Å²) in [6.07, 6.45) is 0.867. The minimum Gasteiger partial charge on any atom is -0.490 e. The van der Waals surface area contributed by atoms with E-state index in [2.05, 4.69) is 49.7 Å². The number of amides is 1. The van der Waals surface area contributed by atoms with E-state index in [1.807, 2.05) is 42.5 Å². The minimum absolute atomic E-state index is 0.0849. The average molecular weight is 419 g/mol. The Bertz CT molecular complexity index is 1050. The zero-order valence-corrected chi connectivity index (χ0v) is 18.6. The molecule has 2 heterocycles. The summed E-state index contributed by atoms with van der Waals surface area (Å²) in [6.45, 7) is 9.67. The molecule has 1 aliphatic heterocycles. The van der Waals surface area contributed by atoms with Crippen molar-refractivity contribution < 1.29 is 14.3 Å². The molecule has 1 amide bonds. The maximum Gasteiger partial charge on any atom is 0.251 e. The van der Waals surface area contributed by atoms with Gasteiger partial charge in [0.25, 0.3) is 5.91 Å². The number of aryl methyl sites for hydroxylation is 2. The molecule has 1 atom stereocenters. The molecule has 0 saturated heterocycles. The fourth-order valence-corrected chi connectivity index (χ4v) is 4.07. The second-order valence-electron chi connectivity index (χ2n) is 8.45. The highest BCUT2D eigenvalue weighted by Gasteiger charge is 2.22. The van der Waals surface area contributed by atoms with E-state index < -0.39 is 0 Å². The van der Waals surface area contributed by atoms with Crippen LogP contribution in [0.5, 0.6) is 11.5 Å². The third kappa shape index (κ3) is 4.46. The largest absolute Gasteiger partial charge is 0.490 e. The second-order valence-corrected chi connectivity index (χ2v) is 8.45. The Balaban J connectivity index is 1.54. The van der Waals surface area contributed by atoms with Gasteiger partial charge in [0.1, 0.15) is 0 Å².